The molecular formula is C15H31N5O2. The van der Waals surface area contributed by atoms with Crippen LogP contribution in [0.4, 0.5) is 0 Å². The highest BCUT2D eigenvalue weighted by Gasteiger charge is 2.25. The van der Waals surface area contributed by atoms with Crippen LogP contribution in [0.1, 0.15) is 41.5 Å². The largest absolute Gasteiger partial charge is 0.370 e. The summed E-state index contributed by atoms with van der Waals surface area (Å²) < 4.78 is 0. The van der Waals surface area contributed by atoms with Crippen molar-refractivity contribution in [2.45, 2.75) is 47.1 Å². The number of Topliss-reactive ketones (excluding diaryl/α,β-unsaturated/α-hetero) is 1. The third kappa shape index (κ3) is 9.33. The third-order valence-electron chi connectivity index (χ3n) is 2.96. The van der Waals surface area contributed by atoms with E-state index in [1.54, 1.807) is 0 Å². The molecule has 0 aliphatic rings. The van der Waals surface area contributed by atoms with E-state index in [9.17, 15) is 9.59 Å². The van der Waals surface area contributed by atoms with Gasteiger partial charge in [-0.05, 0) is 20.8 Å². The van der Waals surface area contributed by atoms with Gasteiger partial charge in [-0.25, -0.2) is 4.99 Å². The molecule has 7 heteroatoms. The van der Waals surface area contributed by atoms with Crippen LogP contribution in [-0.2, 0) is 9.59 Å². The van der Waals surface area contributed by atoms with Crippen LogP contribution in [0.15, 0.2) is 4.99 Å². The highest BCUT2D eigenvalue weighted by Crippen LogP contribution is 2.15. The van der Waals surface area contributed by atoms with Gasteiger partial charge < -0.3 is 21.7 Å². The number of guanidine groups is 1. The number of rotatable bonds is 7. The summed E-state index contributed by atoms with van der Waals surface area (Å²) in [6, 6.07) is 0. The highest BCUT2D eigenvalue weighted by molar-refractivity contribution is 5.90. The number of carbonyl (C=O) groups is 2. The number of nitrogens with zero attached hydrogens (tertiary/aromatic N) is 2. The van der Waals surface area contributed by atoms with Crippen LogP contribution >= 0.6 is 0 Å². The molecule has 5 N–H and O–H groups in total. The molecule has 0 aliphatic carbocycles. The van der Waals surface area contributed by atoms with E-state index >= 15 is 0 Å². The van der Waals surface area contributed by atoms with Crippen LogP contribution in [-0.4, -0.2) is 54.3 Å². The second-order valence-electron chi connectivity index (χ2n) is 7.41. The fourth-order valence-electron chi connectivity index (χ4n) is 1.53. The molecule has 0 radical (unpaired) electrons. The minimum Gasteiger partial charge on any atom is -0.370 e. The van der Waals surface area contributed by atoms with Crippen molar-refractivity contribution < 1.29 is 9.59 Å². The lowest BCUT2D eigenvalue weighted by Gasteiger charge is -2.28. The smallest absolute Gasteiger partial charge is 0.244 e. The Morgan fingerprint density at radius 2 is 1.64 bits per heavy atom. The van der Waals surface area contributed by atoms with Gasteiger partial charge in [-0.1, -0.05) is 20.8 Å². The van der Waals surface area contributed by atoms with Crippen LogP contribution in [0.2, 0.25) is 0 Å². The van der Waals surface area contributed by atoms with E-state index in [4.69, 9.17) is 11.5 Å². The molecule has 0 saturated heterocycles. The number of nitrogens with two attached hydrogens (primary N) is 2. The van der Waals surface area contributed by atoms with Gasteiger partial charge in [-0.15, -0.1) is 0 Å². The van der Waals surface area contributed by atoms with E-state index < -0.39 is 5.41 Å². The fourth-order valence-corrected chi connectivity index (χ4v) is 1.53. The SMILES string of the molecule is CC(C)(C)NCCN(CC(=O)C(C)(C)C)C(=O)CN=C(N)N. The lowest BCUT2D eigenvalue weighted by atomic mass is 9.90. The molecule has 1 amide bonds. The minimum absolute atomic E-state index is 0.00121. The molecule has 0 spiro atoms. The molecule has 0 atom stereocenters. The van der Waals surface area contributed by atoms with Crippen molar-refractivity contribution in [3.05, 3.63) is 0 Å². The van der Waals surface area contributed by atoms with Crippen molar-refractivity contribution >= 4 is 17.6 Å². The molecule has 0 saturated carbocycles. The molecule has 0 aromatic carbocycles. The summed E-state index contributed by atoms with van der Waals surface area (Å²) in [4.78, 5) is 29.6. The van der Waals surface area contributed by atoms with Crippen LogP contribution in [0.25, 0.3) is 0 Å². The van der Waals surface area contributed by atoms with Gasteiger partial charge in [0.25, 0.3) is 0 Å². The number of nitrogens with one attached hydrogen (secondary N) is 1. The van der Waals surface area contributed by atoms with E-state index in [0.29, 0.717) is 13.1 Å². The van der Waals surface area contributed by atoms with Gasteiger partial charge >= 0.3 is 0 Å². The Morgan fingerprint density at radius 3 is 2.05 bits per heavy atom. The molecule has 0 aromatic rings. The van der Waals surface area contributed by atoms with Gasteiger partial charge in [0.05, 0.1) is 6.54 Å². The molecule has 7 nitrogen and oxygen atoms in total. The maximum Gasteiger partial charge on any atom is 0.244 e. The summed E-state index contributed by atoms with van der Waals surface area (Å²) in [5.41, 5.74) is 9.95. The van der Waals surface area contributed by atoms with Gasteiger partial charge in [0.2, 0.25) is 5.91 Å². The molecule has 0 bridgehead atoms. The number of amides is 1. The van der Waals surface area contributed by atoms with Gasteiger partial charge in [0.15, 0.2) is 11.7 Å². The van der Waals surface area contributed by atoms with E-state index in [-0.39, 0.29) is 36.3 Å². The summed E-state index contributed by atoms with van der Waals surface area (Å²) in [7, 11) is 0. The Hall–Kier alpha value is -1.63. The molecule has 0 fully saturated rings. The summed E-state index contributed by atoms with van der Waals surface area (Å²) in [5, 5.41) is 3.29. The molecule has 0 unspecified atom stereocenters. The number of hydrogen-bond donors (Lipinski definition) is 3. The van der Waals surface area contributed by atoms with Gasteiger partial charge in [-0.3, -0.25) is 9.59 Å². The van der Waals surface area contributed by atoms with Crippen molar-refractivity contribution in [2.24, 2.45) is 21.9 Å². The average molecular weight is 313 g/mol. The molecule has 0 aliphatic heterocycles. The van der Waals surface area contributed by atoms with Gasteiger partial charge in [0, 0.05) is 24.0 Å². The lowest BCUT2D eigenvalue weighted by molar-refractivity contribution is -0.137. The fraction of sp³-hybridized carbons (Fsp3) is 0.800. The number of carbonyl (C=O) groups excluding carboxylic acids is 2. The van der Waals surface area contributed by atoms with E-state index in [1.807, 2.05) is 41.5 Å². The van der Waals surface area contributed by atoms with E-state index in [1.165, 1.54) is 4.90 Å². The zero-order chi connectivity index (χ0) is 17.6. The second-order valence-corrected chi connectivity index (χ2v) is 7.41. The van der Waals surface area contributed by atoms with Crippen molar-refractivity contribution in [1.29, 1.82) is 0 Å². The zero-order valence-corrected chi connectivity index (χ0v) is 14.7. The number of hydrogen-bond acceptors (Lipinski definition) is 4. The van der Waals surface area contributed by atoms with Gasteiger partial charge in [-0.2, -0.15) is 0 Å². The van der Waals surface area contributed by atoms with Crippen molar-refractivity contribution in [3.8, 4) is 0 Å². The summed E-state index contributed by atoms with van der Waals surface area (Å²) in [6.07, 6.45) is 0. The Kier molecular flexibility index (Phi) is 7.52. The zero-order valence-electron chi connectivity index (χ0n) is 14.7. The topological polar surface area (TPSA) is 114 Å². The molecule has 0 rings (SSSR count). The lowest BCUT2D eigenvalue weighted by Crippen LogP contribution is -2.46. The quantitative estimate of drug-likeness (QED) is 0.455. The van der Waals surface area contributed by atoms with Crippen molar-refractivity contribution in [3.63, 3.8) is 0 Å². The molecular weight excluding hydrogens is 282 g/mol. The summed E-state index contributed by atoms with van der Waals surface area (Å²) in [6.45, 7) is 12.6. The van der Waals surface area contributed by atoms with Crippen LogP contribution in [0.3, 0.4) is 0 Å². The van der Waals surface area contributed by atoms with E-state index in [2.05, 4.69) is 10.3 Å². The second kappa shape index (κ2) is 8.12. The van der Waals surface area contributed by atoms with Crippen molar-refractivity contribution in [1.82, 2.24) is 10.2 Å². The van der Waals surface area contributed by atoms with Crippen LogP contribution < -0.4 is 16.8 Å². The Balaban J connectivity index is 4.80. The number of aliphatic imine (C=N–C) groups is 1. The Bertz CT molecular complexity index is 415. The monoisotopic (exact) mass is 313 g/mol. The first-order valence-electron chi connectivity index (χ1n) is 7.44. The standard InChI is InChI=1S/C15H31N5O2/c1-14(2,3)11(21)10-20(8-7-19-15(4,5)6)12(22)9-18-13(16)17/h19H,7-10H2,1-6H3,(H4,16,17,18). The predicted molar refractivity (Wildman–Crippen MR) is 89.5 cm³/mol. The van der Waals surface area contributed by atoms with E-state index in [0.717, 1.165) is 0 Å². The Labute approximate surface area is 133 Å². The predicted octanol–water partition coefficient (Wildman–Crippen LogP) is 0.0917. The van der Waals surface area contributed by atoms with Gasteiger partial charge in [0.1, 0.15) is 6.54 Å². The van der Waals surface area contributed by atoms with Crippen LogP contribution in [0, 0.1) is 5.41 Å². The first-order chi connectivity index (χ1) is 9.83. The third-order valence-corrected chi connectivity index (χ3v) is 2.96. The molecule has 22 heavy (non-hydrogen) atoms. The normalized spacial score (nSPS) is 11.9. The summed E-state index contributed by atoms with van der Waals surface area (Å²) >= 11 is 0. The molecule has 0 aromatic heterocycles. The average Bonchev–Trinajstić information content (AvgIpc) is 2.31. The molecule has 128 valence electrons. The number of ketones is 1. The molecule has 0 heterocycles. The maximum atomic E-state index is 12.2. The summed E-state index contributed by atoms with van der Waals surface area (Å²) in [5.74, 6) is -0.397. The maximum absolute atomic E-state index is 12.2. The first kappa shape index (κ1) is 20.4. The Morgan fingerprint density at radius 1 is 1.09 bits per heavy atom. The highest BCUT2D eigenvalue weighted by atomic mass is 16.2. The van der Waals surface area contributed by atoms with Crippen LogP contribution in [0.5, 0.6) is 0 Å². The minimum atomic E-state index is -0.494. The first-order valence-corrected chi connectivity index (χ1v) is 7.44. The van der Waals surface area contributed by atoms with Crippen molar-refractivity contribution in [2.75, 3.05) is 26.2 Å².